The van der Waals surface area contributed by atoms with Crippen LogP contribution in [0.15, 0.2) is 41.2 Å². The fraction of sp³-hybridized carbons (Fsp3) is 0.250. The molecular weight excluding hydrogens is 188 g/mol. The Hall–Kier alpha value is -1.77. The maximum Gasteiger partial charge on any atom is 0.271 e. The van der Waals surface area contributed by atoms with Gasteiger partial charge >= 0.3 is 0 Å². The molecule has 0 atom stereocenters. The third-order valence-corrected chi connectivity index (χ3v) is 2.38. The van der Waals surface area contributed by atoms with Crippen LogP contribution in [0, 0.1) is 0 Å². The van der Waals surface area contributed by atoms with Crippen molar-refractivity contribution in [1.82, 2.24) is 9.78 Å². The minimum absolute atomic E-state index is 0.00935. The first-order chi connectivity index (χ1) is 7.18. The van der Waals surface area contributed by atoms with Gasteiger partial charge in [-0.05, 0) is 18.1 Å². The molecule has 1 aromatic heterocycles. The highest BCUT2D eigenvalue weighted by atomic mass is 16.1. The second-order valence-corrected chi connectivity index (χ2v) is 3.88. The number of hydrogen-bond acceptors (Lipinski definition) is 1. The molecule has 1 heterocycles. The lowest BCUT2D eigenvalue weighted by Crippen LogP contribution is -2.12. The number of nitrogens with one attached hydrogen (secondary N) is 1. The van der Waals surface area contributed by atoms with Gasteiger partial charge in [-0.25, -0.2) is 4.68 Å². The monoisotopic (exact) mass is 202 g/mol. The van der Waals surface area contributed by atoms with Gasteiger partial charge in [0, 0.05) is 11.8 Å². The van der Waals surface area contributed by atoms with Crippen molar-refractivity contribution >= 4 is 0 Å². The number of para-hydroxylation sites is 1. The Morgan fingerprint density at radius 3 is 2.40 bits per heavy atom. The summed E-state index contributed by atoms with van der Waals surface area (Å²) in [4.78, 5) is 11.7. The Morgan fingerprint density at radius 2 is 1.87 bits per heavy atom. The first-order valence-electron chi connectivity index (χ1n) is 5.06. The highest BCUT2D eigenvalue weighted by Crippen LogP contribution is 2.10. The van der Waals surface area contributed by atoms with Gasteiger partial charge in [0.05, 0.1) is 5.69 Å². The molecule has 0 aliphatic heterocycles. The summed E-state index contributed by atoms with van der Waals surface area (Å²) in [7, 11) is 0. The third kappa shape index (κ3) is 1.86. The first kappa shape index (κ1) is 9.77. The number of benzene rings is 1. The summed E-state index contributed by atoms with van der Waals surface area (Å²) < 4.78 is 1.56. The molecule has 2 rings (SSSR count). The van der Waals surface area contributed by atoms with Crippen LogP contribution in [0.25, 0.3) is 5.69 Å². The predicted molar refractivity (Wildman–Crippen MR) is 60.5 cm³/mol. The van der Waals surface area contributed by atoms with Crippen molar-refractivity contribution in [3.05, 3.63) is 52.4 Å². The van der Waals surface area contributed by atoms with Crippen LogP contribution < -0.4 is 5.56 Å². The van der Waals surface area contributed by atoms with Crippen molar-refractivity contribution in [3.8, 4) is 5.69 Å². The lowest BCUT2D eigenvalue weighted by molar-refractivity contribution is 0.760. The number of H-pyrrole nitrogens is 1. The van der Waals surface area contributed by atoms with Crippen molar-refractivity contribution in [3.63, 3.8) is 0 Å². The van der Waals surface area contributed by atoms with Crippen LogP contribution in [0.4, 0.5) is 0 Å². The van der Waals surface area contributed by atoms with E-state index >= 15 is 0 Å². The Bertz CT molecular complexity index is 494. The van der Waals surface area contributed by atoms with Crippen LogP contribution in [0.2, 0.25) is 0 Å². The average Bonchev–Trinajstić information content (AvgIpc) is 2.62. The second-order valence-electron chi connectivity index (χ2n) is 3.88. The summed E-state index contributed by atoms with van der Waals surface area (Å²) >= 11 is 0. The van der Waals surface area contributed by atoms with Gasteiger partial charge in [-0.2, -0.15) is 0 Å². The van der Waals surface area contributed by atoms with E-state index in [9.17, 15) is 4.79 Å². The number of aromatic amines is 1. The molecule has 15 heavy (non-hydrogen) atoms. The molecule has 1 aromatic carbocycles. The minimum Gasteiger partial charge on any atom is -0.295 e. The normalized spacial score (nSPS) is 10.9. The Morgan fingerprint density at radius 1 is 1.20 bits per heavy atom. The molecule has 0 fully saturated rings. The molecule has 0 bridgehead atoms. The molecule has 0 aliphatic carbocycles. The summed E-state index contributed by atoms with van der Waals surface area (Å²) in [5.41, 5.74) is 1.82. The summed E-state index contributed by atoms with van der Waals surface area (Å²) in [5.74, 6) is 0.336. The highest BCUT2D eigenvalue weighted by molar-refractivity contribution is 5.30. The van der Waals surface area contributed by atoms with Crippen LogP contribution in [0.5, 0.6) is 0 Å². The fourth-order valence-electron chi connectivity index (χ4n) is 1.48. The average molecular weight is 202 g/mol. The molecule has 0 saturated heterocycles. The molecule has 2 aromatic rings. The molecule has 3 nitrogen and oxygen atoms in total. The summed E-state index contributed by atoms with van der Waals surface area (Å²) in [6.45, 7) is 4.11. The molecule has 0 aliphatic rings. The van der Waals surface area contributed by atoms with E-state index in [0.717, 1.165) is 11.4 Å². The van der Waals surface area contributed by atoms with Gasteiger partial charge in [-0.15, -0.1) is 0 Å². The van der Waals surface area contributed by atoms with Crippen LogP contribution in [0.3, 0.4) is 0 Å². The van der Waals surface area contributed by atoms with Crippen molar-refractivity contribution in [2.45, 2.75) is 19.8 Å². The molecule has 78 valence electrons. The molecule has 1 N–H and O–H groups in total. The standard InChI is InChI=1S/C12H14N2O/c1-9(2)11-8-12(15)14(13-11)10-6-4-3-5-7-10/h3-9,13H,1-2H3. The molecule has 0 saturated carbocycles. The van der Waals surface area contributed by atoms with Crippen LogP contribution in [0.1, 0.15) is 25.5 Å². The lowest BCUT2D eigenvalue weighted by Gasteiger charge is -2.02. The largest absolute Gasteiger partial charge is 0.295 e. The van der Waals surface area contributed by atoms with Crippen molar-refractivity contribution in [1.29, 1.82) is 0 Å². The van der Waals surface area contributed by atoms with Gasteiger partial charge in [0.15, 0.2) is 0 Å². The highest BCUT2D eigenvalue weighted by Gasteiger charge is 2.06. The fourth-order valence-corrected chi connectivity index (χ4v) is 1.48. The Balaban J connectivity index is 2.50. The molecule has 0 unspecified atom stereocenters. The van der Waals surface area contributed by atoms with Gasteiger partial charge in [0.1, 0.15) is 0 Å². The van der Waals surface area contributed by atoms with E-state index < -0.39 is 0 Å². The Kier molecular flexibility index (Phi) is 2.46. The van der Waals surface area contributed by atoms with Crippen LogP contribution >= 0.6 is 0 Å². The second kappa shape index (κ2) is 3.77. The minimum atomic E-state index is -0.00935. The maximum atomic E-state index is 11.7. The van der Waals surface area contributed by atoms with Gasteiger partial charge in [0.25, 0.3) is 5.56 Å². The third-order valence-electron chi connectivity index (χ3n) is 2.38. The molecule has 3 heteroatoms. The van der Waals surface area contributed by atoms with Crippen LogP contribution in [-0.2, 0) is 0 Å². The zero-order valence-corrected chi connectivity index (χ0v) is 8.90. The lowest BCUT2D eigenvalue weighted by atomic mass is 10.1. The quantitative estimate of drug-likeness (QED) is 0.797. The van der Waals surface area contributed by atoms with E-state index in [-0.39, 0.29) is 5.56 Å². The van der Waals surface area contributed by atoms with Gasteiger partial charge in [-0.3, -0.25) is 9.89 Å². The number of rotatable bonds is 2. The van der Waals surface area contributed by atoms with E-state index in [0.29, 0.717) is 5.92 Å². The van der Waals surface area contributed by atoms with E-state index in [4.69, 9.17) is 0 Å². The molecule has 0 radical (unpaired) electrons. The van der Waals surface area contributed by atoms with E-state index in [1.165, 1.54) is 0 Å². The zero-order valence-electron chi connectivity index (χ0n) is 8.90. The van der Waals surface area contributed by atoms with Gasteiger partial charge in [0.2, 0.25) is 0 Å². The topological polar surface area (TPSA) is 37.8 Å². The maximum absolute atomic E-state index is 11.7. The van der Waals surface area contributed by atoms with Crippen LogP contribution in [-0.4, -0.2) is 9.78 Å². The zero-order chi connectivity index (χ0) is 10.8. The molecule has 0 spiro atoms. The van der Waals surface area contributed by atoms with E-state index in [2.05, 4.69) is 18.9 Å². The predicted octanol–water partition coefficient (Wildman–Crippen LogP) is 2.29. The van der Waals surface area contributed by atoms with Crippen molar-refractivity contribution < 1.29 is 0 Å². The summed E-state index contributed by atoms with van der Waals surface area (Å²) in [5, 5.41) is 3.10. The van der Waals surface area contributed by atoms with Crippen molar-refractivity contribution in [2.24, 2.45) is 0 Å². The molecule has 0 amide bonds. The first-order valence-corrected chi connectivity index (χ1v) is 5.06. The van der Waals surface area contributed by atoms with E-state index in [1.54, 1.807) is 10.7 Å². The number of nitrogens with zero attached hydrogens (tertiary/aromatic N) is 1. The SMILES string of the molecule is CC(C)c1cc(=O)n(-c2ccccc2)[nH]1. The summed E-state index contributed by atoms with van der Waals surface area (Å²) in [6, 6.07) is 11.2. The summed E-state index contributed by atoms with van der Waals surface area (Å²) in [6.07, 6.45) is 0. The van der Waals surface area contributed by atoms with Gasteiger partial charge < -0.3 is 0 Å². The van der Waals surface area contributed by atoms with Gasteiger partial charge in [-0.1, -0.05) is 32.0 Å². The number of aromatic nitrogens is 2. The van der Waals surface area contributed by atoms with Crippen molar-refractivity contribution in [2.75, 3.05) is 0 Å². The molecular formula is C12H14N2O. The van der Waals surface area contributed by atoms with E-state index in [1.807, 2.05) is 30.3 Å². The Labute approximate surface area is 88.4 Å². The number of hydrogen-bond donors (Lipinski definition) is 1. The smallest absolute Gasteiger partial charge is 0.271 e.